The first kappa shape index (κ1) is 18.0. The maximum atomic E-state index is 12.5. The molecule has 6 nitrogen and oxygen atoms in total. The zero-order valence-corrected chi connectivity index (χ0v) is 15.5. The number of carbonyl (C=O) groups excluding carboxylic acids is 2. The first-order valence-corrected chi connectivity index (χ1v) is 9.44. The number of hydrogen-bond acceptors (Lipinski definition) is 3. The molecule has 2 heterocycles. The van der Waals surface area contributed by atoms with Crippen LogP contribution in [0.2, 0.25) is 0 Å². The van der Waals surface area contributed by atoms with E-state index >= 15 is 0 Å². The van der Waals surface area contributed by atoms with E-state index in [1.165, 1.54) is 0 Å². The van der Waals surface area contributed by atoms with Crippen LogP contribution in [0.4, 0.5) is 0 Å². The van der Waals surface area contributed by atoms with Crippen LogP contribution in [-0.2, 0) is 17.9 Å². The number of nitrogens with one attached hydrogen (secondary N) is 1. The van der Waals surface area contributed by atoms with Gasteiger partial charge in [-0.2, -0.15) is 5.10 Å². The number of nitrogens with zero attached hydrogens (tertiary/aromatic N) is 3. The summed E-state index contributed by atoms with van der Waals surface area (Å²) in [7, 11) is 0. The van der Waals surface area contributed by atoms with E-state index in [1.54, 1.807) is 16.9 Å². The van der Waals surface area contributed by atoms with Crippen LogP contribution >= 0.6 is 0 Å². The number of amides is 2. The Hall–Kier alpha value is -3.41. The fourth-order valence-corrected chi connectivity index (χ4v) is 3.40. The van der Waals surface area contributed by atoms with Crippen molar-refractivity contribution in [1.29, 1.82) is 0 Å². The molecule has 142 valence electrons. The SMILES string of the molecule is O=C(NCc1ccccc1CN1CCCC1=O)c1ccn(-c2ccccc2)n1. The fourth-order valence-electron chi connectivity index (χ4n) is 3.40. The maximum Gasteiger partial charge on any atom is 0.272 e. The van der Waals surface area contributed by atoms with Crippen LogP contribution in [0, 0.1) is 0 Å². The van der Waals surface area contributed by atoms with E-state index in [4.69, 9.17) is 0 Å². The number of para-hydroxylation sites is 1. The summed E-state index contributed by atoms with van der Waals surface area (Å²) in [5.74, 6) is -0.0213. The average molecular weight is 374 g/mol. The van der Waals surface area contributed by atoms with E-state index in [2.05, 4.69) is 10.4 Å². The Morgan fingerprint density at radius 1 is 1.00 bits per heavy atom. The Kier molecular flexibility index (Phi) is 5.19. The van der Waals surface area contributed by atoms with Gasteiger partial charge >= 0.3 is 0 Å². The fraction of sp³-hybridized carbons (Fsp3) is 0.227. The molecule has 0 unspecified atom stereocenters. The minimum atomic E-state index is -0.221. The summed E-state index contributed by atoms with van der Waals surface area (Å²) in [6.07, 6.45) is 3.32. The monoisotopic (exact) mass is 374 g/mol. The van der Waals surface area contributed by atoms with Crippen LogP contribution in [0.15, 0.2) is 66.9 Å². The topological polar surface area (TPSA) is 67.2 Å². The molecule has 4 rings (SSSR count). The molecule has 3 aromatic rings. The third-order valence-corrected chi connectivity index (χ3v) is 4.93. The smallest absolute Gasteiger partial charge is 0.272 e. The second-order valence-electron chi connectivity index (χ2n) is 6.85. The van der Waals surface area contributed by atoms with Gasteiger partial charge in [0.1, 0.15) is 0 Å². The summed E-state index contributed by atoms with van der Waals surface area (Å²) in [5, 5.41) is 7.30. The van der Waals surface area contributed by atoms with Crippen LogP contribution in [-0.4, -0.2) is 33.0 Å². The van der Waals surface area contributed by atoms with Crippen molar-refractivity contribution in [3.05, 3.63) is 83.7 Å². The van der Waals surface area contributed by atoms with Gasteiger partial charge in [0.2, 0.25) is 5.91 Å². The maximum absolute atomic E-state index is 12.5. The Morgan fingerprint density at radius 2 is 1.75 bits per heavy atom. The van der Waals surface area contributed by atoms with Crippen molar-refractivity contribution < 1.29 is 9.59 Å². The van der Waals surface area contributed by atoms with Crippen LogP contribution in [0.25, 0.3) is 5.69 Å². The molecule has 2 aromatic carbocycles. The normalized spacial score (nSPS) is 13.7. The number of likely N-dealkylation sites (tertiary alicyclic amines) is 1. The highest BCUT2D eigenvalue weighted by Crippen LogP contribution is 2.17. The van der Waals surface area contributed by atoms with Crippen molar-refractivity contribution in [3.63, 3.8) is 0 Å². The number of carbonyl (C=O) groups is 2. The molecule has 0 spiro atoms. The Bertz CT molecular complexity index is 981. The number of benzene rings is 2. The molecule has 2 amide bonds. The van der Waals surface area contributed by atoms with Crippen molar-refractivity contribution in [3.8, 4) is 5.69 Å². The largest absolute Gasteiger partial charge is 0.347 e. The predicted molar refractivity (Wildman–Crippen MR) is 106 cm³/mol. The highest BCUT2D eigenvalue weighted by Gasteiger charge is 2.21. The summed E-state index contributed by atoms with van der Waals surface area (Å²) in [6.45, 7) is 1.79. The standard InChI is InChI=1S/C22H22N4O2/c27-21-11-6-13-25(21)16-18-8-5-4-7-17(18)15-23-22(28)20-12-14-26(24-20)19-9-2-1-3-10-19/h1-5,7-10,12,14H,6,11,13,15-16H2,(H,23,28). The van der Waals surface area contributed by atoms with Gasteiger partial charge in [-0.15, -0.1) is 0 Å². The van der Waals surface area contributed by atoms with Gasteiger partial charge in [0.25, 0.3) is 5.91 Å². The van der Waals surface area contributed by atoms with Crippen LogP contribution in [0.3, 0.4) is 0 Å². The van der Waals surface area contributed by atoms with E-state index in [9.17, 15) is 9.59 Å². The summed E-state index contributed by atoms with van der Waals surface area (Å²) < 4.78 is 1.68. The zero-order valence-electron chi connectivity index (χ0n) is 15.5. The Labute approximate surface area is 163 Å². The molecule has 1 N–H and O–H groups in total. The van der Waals surface area contributed by atoms with Crippen molar-refractivity contribution in [2.24, 2.45) is 0 Å². The summed E-state index contributed by atoms with van der Waals surface area (Å²) in [6, 6.07) is 19.3. The lowest BCUT2D eigenvalue weighted by molar-refractivity contribution is -0.128. The van der Waals surface area contributed by atoms with Gasteiger partial charge < -0.3 is 10.2 Å². The lowest BCUT2D eigenvalue weighted by atomic mass is 10.1. The molecular weight excluding hydrogens is 352 g/mol. The van der Waals surface area contributed by atoms with Crippen LogP contribution in [0.5, 0.6) is 0 Å². The predicted octanol–water partition coefficient (Wildman–Crippen LogP) is 2.92. The molecule has 0 radical (unpaired) electrons. The number of rotatable bonds is 6. The molecule has 1 aliphatic heterocycles. The minimum Gasteiger partial charge on any atom is -0.347 e. The van der Waals surface area contributed by atoms with Gasteiger partial charge in [0, 0.05) is 32.3 Å². The highest BCUT2D eigenvalue weighted by molar-refractivity contribution is 5.92. The molecular formula is C22H22N4O2. The Balaban J connectivity index is 1.41. The molecule has 1 saturated heterocycles. The van der Waals surface area contributed by atoms with Gasteiger partial charge in [-0.05, 0) is 35.7 Å². The van der Waals surface area contributed by atoms with E-state index in [0.717, 1.165) is 29.8 Å². The van der Waals surface area contributed by atoms with E-state index in [1.807, 2.05) is 59.5 Å². The lowest BCUT2D eigenvalue weighted by Crippen LogP contribution is -2.27. The molecule has 6 heteroatoms. The van der Waals surface area contributed by atoms with Crippen molar-refractivity contribution >= 4 is 11.8 Å². The zero-order chi connectivity index (χ0) is 19.3. The number of hydrogen-bond donors (Lipinski definition) is 1. The molecule has 1 aliphatic rings. The third-order valence-electron chi connectivity index (χ3n) is 4.93. The van der Waals surface area contributed by atoms with Crippen molar-refractivity contribution in [2.45, 2.75) is 25.9 Å². The molecule has 28 heavy (non-hydrogen) atoms. The van der Waals surface area contributed by atoms with Crippen LogP contribution in [0.1, 0.15) is 34.5 Å². The second-order valence-corrected chi connectivity index (χ2v) is 6.85. The van der Waals surface area contributed by atoms with Crippen molar-refractivity contribution in [2.75, 3.05) is 6.54 Å². The first-order valence-electron chi connectivity index (χ1n) is 9.44. The van der Waals surface area contributed by atoms with E-state index in [0.29, 0.717) is 25.2 Å². The quantitative estimate of drug-likeness (QED) is 0.721. The summed E-state index contributed by atoms with van der Waals surface area (Å²) in [5.41, 5.74) is 3.35. The lowest BCUT2D eigenvalue weighted by Gasteiger charge is -2.18. The van der Waals surface area contributed by atoms with Gasteiger partial charge in [0.05, 0.1) is 5.69 Å². The van der Waals surface area contributed by atoms with E-state index < -0.39 is 0 Å². The molecule has 0 bridgehead atoms. The van der Waals surface area contributed by atoms with Gasteiger partial charge in [-0.25, -0.2) is 4.68 Å². The second kappa shape index (κ2) is 8.08. The Morgan fingerprint density at radius 3 is 2.50 bits per heavy atom. The molecule has 0 aliphatic carbocycles. The first-order chi connectivity index (χ1) is 13.7. The molecule has 0 saturated carbocycles. The average Bonchev–Trinajstić information content (AvgIpc) is 3.38. The van der Waals surface area contributed by atoms with Crippen LogP contribution < -0.4 is 5.32 Å². The van der Waals surface area contributed by atoms with Crippen molar-refractivity contribution in [1.82, 2.24) is 20.0 Å². The summed E-state index contributed by atoms with van der Waals surface area (Å²) >= 11 is 0. The summed E-state index contributed by atoms with van der Waals surface area (Å²) in [4.78, 5) is 26.3. The number of aromatic nitrogens is 2. The van der Waals surface area contributed by atoms with Gasteiger partial charge in [0.15, 0.2) is 5.69 Å². The van der Waals surface area contributed by atoms with E-state index in [-0.39, 0.29) is 11.8 Å². The molecule has 1 fully saturated rings. The molecule has 1 aromatic heterocycles. The van der Waals surface area contributed by atoms with Gasteiger partial charge in [-0.3, -0.25) is 9.59 Å². The third kappa shape index (κ3) is 3.96. The molecule has 0 atom stereocenters. The van der Waals surface area contributed by atoms with Gasteiger partial charge in [-0.1, -0.05) is 42.5 Å². The minimum absolute atomic E-state index is 0.199. The highest BCUT2D eigenvalue weighted by atomic mass is 16.2.